The average Bonchev–Trinajstić information content (AvgIpc) is 1.99. The van der Waals surface area contributed by atoms with Crippen LogP contribution in [0.2, 0.25) is 25.7 Å². The summed E-state index contributed by atoms with van der Waals surface area (Å²) in [6, 6.07) is 1.04. The van der Waals surface area contributed by atoms with E-state index in [1.807, 2.05) is 6.92 Å². The van der Waals surface area contributed by atoms with Crippen LogP contribution in [-0.4, -0.2) is 20.7 Å². The van der Waals surface area contributed by atoms with Crippen LogP contribution in [0.4, 0.5) is 0 Å². The molecule has 0 bridgehead atoms. The molecule has 0 aromatic rings. The van der Waals surface area contributed by atoms with E-state index in [0.29, 0.717) is 6.61 Å². The summed E-state index contributed by atoms with van der Waals surface area (Å²) in [4.78, 5) is 11.5. The van der Waals surface area contributed by atoms with Crippen molar-refractivity contribution >= 4 is 14.0 Å². The van der Waals surface area contributed by atoms with Gasteiger partial charge in [0.1, 0.15) is 0 Å². The molecule has 0 saturated carbocycles. The van der Waals surface area contributed by atoms with Crippen LogP contribution in [0.1, 0.15) is 20.3 Å². The molecular weight excluding hydrogens is 180 g/mol. The molecule has 0 spiro atoms. The Hall–Kier alpha value is -0.313. The van der Waals surface area contributed by atoms with Crippen LogP contribution < -0.4 is 0 Å². The molecule has 0 aromatic heterocycles. The second-order valence-electron chi connectivity index (χ2n) is 4.62. The van der Waals surface area contributed by atoms with Gasteiger partial charge in [-0.05, 0) is 19.4 Å². The van der Waals surface area contributed by atoms with Gasteiger partial charge < -0.3 is 4.74 Å². The number of rotatable bonds is 5. The number of hydrogen-bond donors (Lipinski definition) is 0. The van der Waals surface area contributed by atoms with Crippen LogP contribution in [0.3, 0.4) is 0 Å². The van der Waals surface area contributed by atoms with E-state index in [0.717, 1.165) is 12.5 Å². The minimum absolute atomic E-state index is 0.00701. The van der Waals surface area contributed by atoms with E-state index in [-0.39, 0.29) is 11.9 Å². The van der Waals surface area contributed by atoms with Gasteiger partial charge in [-0.25, -0.2) is 0 Å². The van der Waals surface area contributed by atoms with Crippen LogP contribution in [0.25, 0.3) is 0 Å². The Morgan fingerprint density at radius 3 is 2.15 bits per heavy atom. The maximum atomic E-state index is 11.5. The quantitative estimate of drug-likeness (QED) is 0.506. The zero-order valence-electron chi connectivity index (χ0n) is 9.52. The summed E-state index contributed by atoms with van der Waals surface area (Å²) < 4.78 is 5.02. The van der Waals surface area contributed by atoms with Gasteiger partial charge in [0.15, 0.2) is 0 Å². The van der Waals surface area contributed by atoms with E-state index >= 15 is 0 Å². The molecule has 0 N–H and O–H groups in total. The molecule has 1 atom stereocenters. The molecule has 0 fully saturated rings. The van der Waals surface area contributed by atoms with Crippen molar-refractivity contribution in [3.05, 3.63) is 0 Å². The second-order valence-corrected chi connectivity index (χ2v) is 10.2. The summed E-state index contributed by atoms with van der Waals surface area (Å²) >= 11 is 0. The first-order valence-electron chi connectivity index (χ1n) is 5.07. The Balaban J connectivity index is 4.10. The van der Waals surface area contributed by atoms with Crippen molar-refractivity contribution in [2.24, 2.45) is 5.92 Å². The molecule has 0 aliphatic rings. The summed E-state index contributed by atoms with van der Waals surface area (Å²) in [7, 11) is -1.13. The van der Waals surface area contributed by atoms with Gasteiger partial charge in [0.05, 0.1) is 12.5 Å². The van der Waals surface area contributed by atoms with Gasteiger partial charge in [0.2, 0.25) is 0 Å². The average molecular weight is 202 g/mol. The first-order chi connectivity index (χ1) is 5.90. The highest BCUT2D eigenvalue weighted by molar-refractivity contribution is 6.76. The highest BCUT2D eigenvalue weighted by Crippen LogP contribution is 2.20. The Morgan fingerprint density at radius 2 is 1.85 bits per heavy atom. The van der Waals surface area contributed by atoms with Crippen LogP contribution in [-0.2, 0) is 9.53 Å². The van der Waals surface area contributed by atoms with E-state index in [4.69, 9.17) is 4.74 Å². The largest absolute Gasteiger partial charge is 0.466 e. The molecule has 0 heterocycles. The van der Waals surface area contributed by atoms with Gasteiger partial charge >= 0.3 is 5.97 Å². The smallest absolute Gasteiger partial charge is 0.308 e. The molecule has 0 rings (SSSR count). The Kier molecular flexibility index (Phi) is 5.29. The molecule has 0 aliphatic carbocycles. The molecule has 0 aliphatic heterocycles. The monoisotopic (exact) mass is 202 g/mol. The van der Waals surface area contributed by atoms with Crippen molar-refractivity contribution < 1.29 is 9.53 Å². The van der Waals surface area contributed by atoms with Gasteiger partial charge in [-0.15, -0.1) is 0 Å². The molecule has 0 amide bonds. The topological polar surface area (TPSA) is 26.3 Å². The Bertz CT molecular complexity index is 161. The van der Waals surface area contributed by atoms with Crippen LogP contribution in [0.15, 0.2) is 0 Å². The third-order valence-corrected chi connectivity index (χ3v) is 3.69. The maximum Gasteiger partial charge on any atom is 0.308 e. The van der Waals surface area contributed by atoms with Gasteiger partial charge in [-0.2, -0.15) is 0 Å². The van der Waals surface area contributed by atoms with Crippen molar-refractivity contribution in [1.82, 2.24) is 0 Å². The van der Waals surface area contributed by atoms with Crippen molar-refractivity contribution in [1.29, 1.82) is 0 Å². The second kappa shape index (κ2) is 5.42. The molecule has 1 unspecified atom stereocenters. The van der Waals surface area contributed by atoms with E-state index in [1.165, 1.54) is 0 Å². The van der Waals surface area contributed by atoms with Crippen LogP contribution in [0.5, 0.6) is 0 Å². The molecule has 2 nitrogen and oxygen atoms in total. The van der Waals surface area contributed by atoms with Crippen molar-refractivity contribution in [2.45, 2.75) is 46.0 Å². The number of ether oxygens (including phenoxy) is 1. The molecule has 78 valence electrons. The molecule has 13 heavy (non-hydrogen) atoms. The minimum Gasteiger partial charge on any atom is -0.466 e. The predicted molar refractivity (Wildman–Crippen MR) is 58.6 cm³/mol. The Morgan fingerprint density at radius 1 is 1.31 bits per heavy atom. The molecule has 0 radical (unpaired) electrons. The summed E-state index contributed by atoms with van der Waals surface area (Å²) in [5.41, 5.74) is 0. The van der Waals surface area contributed by atoms with Crippen LogP contribution >= 0.6 is 0 Å². The van der Waals surface area contributed by atoms with Gasteiger partial charge in [0, 0.05) is 8.07 Å². The SMILES string of the molecule is CCOC(=O)C(CC)C[Si](C)(C)C. The third kappa shape index (κ3) is 5.85. The van der Waals surface area contributed by atoms with E-state index in [9.17, 15) is 4.79 Å². The first kappa shape index (κ1) is 12.7. The summed E-state index contributed by atoms with van der Waals surface area (Å²) in [6.07, 6.45) is 0.906. The summed E-state index contributed by atoms with van der Waals surface area (Å²) in [5.74, 6) is 0.124. The number of esters is 1. The highest BCUT2D eigenvalue weighted by atomic mass is 28.3. The predicted octanol–water partition coefficient (Wildman–Crippen LogP) is 2.91. The molecule has 0 saturated heterocycles. The summed E-state index contributed by atoms with van der Waals surface area (Å²) in [5, 5.41) is 0. The van der Waals surface area contributed by atoms with E-state index < -0.39 is 8.07 Å². The number of carbonyl (C=O) groups excluding carboxylic acids is 1. The zero-order chi connectivity index (χ0) is 10.5. The van der Waals surface area contributed by atoms with Crippen molar-refractivity contribution in [3.8, 4) is 0 Å². The lowest BCUT2D eigenvalue weighted by molar-refractivity contribution is -0.147. The molecule has 3 heteroatoms. The van der Waals surface area contributed by atoms with Crippen molar-refractivity contribution in [3.63, 3.8) is 0 Å². The fourth-order valence-electron chi connectivity index (χ4n) is 1.39. The zero-order valence-corrected chi connectivity index (χ0v) is 10.5. The lowest BCUT2D eigenvalue weighted by Gasteiger charge is -2.21. The molecule has 0 aromatic carbocycles. The molecular formula is C10H22O2Si. The van der Waals surface area contributed by atoms with E-state index in [1.54, 1.807) is 0 Å². The lowest BCUT2D eigenvalue weighted by atomic mass is 10.1. The normalized spacial score (nSPS) is 13.9. The van der Waals surface area contributed by atoms with Gasteiger partial charge in [-0.1, -0.05) is 26.6 Å². The van der Waals surface area contributed by atoms with Crippen molar-refractivity contribution in [2.75, 3.05) is 6.61 Å². The Labute approximate surface area is 82.7 Å². The fraction of sp³-hybridized carbons (Fsp3) is 0.900. The first-order valence-corrected chi connectivity index (χ1v) is 8.78. The minimum atomic E-state index is -1.13. The third-order valence-electron chi connectivity index (χ3n) is 1.97. The van der Waals surface area contributed by atoms with Gasteiger partial charge in [0.25, 0.3) is 0 Å². The maximum absolute atomic E-state index is 11.5. The summed E-state index contributed by atoms with van der Waals surface area (Å²) in [6.45, 7) is 11.3. The van der Waals surface area contributed by atoms with E-state index in [2.05, 4.69) is 26.6 Å². The number of carbonyl (C=O) groups is 1. The number of hydrogen-bond acceptors (Lipinski definition) is 2. The fourth-order valence-corrected chi connectivity index (χ4v) is 3.33. The van der Waals surface area contributed by atoms with Crippen LogP contribution in [0, 0.1) is 5.92 Å². The highest BCUT2D eigenvalue weighted by Gasteiger charge is 2.25. The lowest BCUT2D eigenvalue weighted by Crippen LogP contribution is -2.28. The van der Waals surface area contributed by atoms with Gasteiger partial charge in [-0.3, -0.25) is 4.79 Å². The standard InChI is InChI=1S/C10H22O2Si/c1-6-9(8-13(3,4)5)10(11)12-7-2/h9H,6-8H2,1-5H3.